The van der Waals surface area contributed by atoms with Crippen LogP contribution >= 0.6 is 25.3 Å². The quantitative estimate of drug-likeness (QED) is 0.421. The van der Waals surface area contributed by atoms with E-state index in [1.54, 1.807) is 0 Å². The molecule has 0 aliphatic carbocycles. The van der Waals surface area contributed by atoms with Crippen LogP contribution in [0.2, 0.25) is 0 Å². The molecular formula is C22H28N4OS2. The van der Waals surface area contributed by atoms with Crippen LogP contribution in [0.15, 0.2) is 53.5 Å². The number of thiol groups is 2. The van der Waals surface area contributed by atoms with Crippen molar-refractivity contribution < 1.29 is 4.79 Å². The summed E-state index contributed by atoms with van der Waals surface area (Å²) in [6.45, 7) is 3.08. The van der Waals surface area contributed by atoms with Crippen molar-refractivity contribution in [1.29, 1.82) is 0 Å². The largest absolute Gasteiger partial charge is 0.378 e. The van der Waals surface area contributed by atoms with Crippen LogP contribution in [-0.2, 0) is 11.2 Å². The number of carbonyl (C=O) groups is 1. The van der Waals surface area contributed by atoms with Gasteiger partial charge in [-0.1, -0.05) is 24.3 Å². The van der Waals surface area contributed by atoms with Gasteiger partial charge in [0.05, 0.1) is 16.8 Å². The van der Waals surface area contributed by atoms with Crippen molar-refractivity contribution in [2.75, 3.05) is 45.2 Å². The van der Waals surface area contributed by atoms with Gasteiger partial charge in [0.2, 0.25) is 5.91 Å². The number of rotatable bonds is 6. The summed E-state index contributed by atoms with van der Waals surface area (Å²) in [5.74, 6) is 0.164. The number of aliphatic imine (C=N–C) groups is 1. The fourth-order valence-electron chi connectivity index (χ4n) is 3.20. The number of hydrogen-bond donors (Lipinski definition) is 2. The molecule has 5 nitrogen and oxygen atoms in total. The van der Waals surface area contributed by atoms with E-state index in [1.807, 2.05) is 49.5 Å². The molecule has 1 aliphatic heterocycles. The van der Waals surface area contributed by atoms with E-state index in [2.05, 4.69) is 64.3 Å². The van der Waals surface area contributed by atoms with Crippen molar-refractivity contribution in [3.05, 3.63) is 59.7 Å². The number of amides is 1. The first-order valence-electron chi connectivity index (χ1n) is 9.71. The van der Waals surface area contributed by atoms with Crippen molar-refractivity contribution in [3.8, 4) is 0 Å². The highest BCUT2D eigenvalue weighted by molar-refractivity contribution is 7.99. The third-order valence-electron chi connectivity index (χ3n) is 5.06. The Hall–Kier alpha value is -1.96. The molecular weight excluding hydrogens is 400 g/mol. The Bertz CT molecular complexity index is 827. The summed E-state index contributed by atoms with van der Waals surface area (Å²) in [7, 11) is 4.05. The van der Waals surface area contributed by atoms with Gasteiger partial charge in [-0.3, -0.25) is 14.7 Å². The van der Waals surface area contributed by atoms with Crippen LogP contribution in [0.5, 0.6) is 0 Å². The molecule has 3 rings (SSSR count). The molecule has 29 heavy (non-hydrogen) atoms. The van der Waals surface area contributed by atoms with Gasteiger partial charge in [-0.05, 0) is 35.4 Å². The smallest absolute Gasteiger partial charge is 0.227 e. The summed E-state index contributed by atoms with van der Waals surface area (Å²) in [5.41, 5.74) is 4.10. The zero-order valence-electron chi connectivity index (χ0n) is 16.9. The maximum Gasteiger partial charge on any atom is 0.227 e. The Balaban J connectivity index is 1.53. The molecule has 0 N–H and O–H groups in total. The number of hydrogen-bond acceptors (Lipinski definition) is 6. The van der Waals surface area contributed by atoms with Crippen LogP contribution in [0.25, 0.3) is 0 Å². The summed E-state index contributed by atoms with van der Waals surface area (Å²) in [6.07, 6.45) is 2.27. The number of nitrogens with zero attached hydrogens (tertiary/aromatic N) is 4. The van der Waals surface area contributed by atoms with Gasteiger partial charge in [-0.25, -0.2) is 0 Å². The molecule has 1 saturated heterocycles. The first-order chi connectivity index (χ1) is 13.9. The lowest BCUT2D eigenvalue weighted by atomic mass is 10.1. The second kappa shape index (κ2) is 10.2. The van der Waals surface area contributed by atoms with E-state index in [9.17, 15) is 4.79 Å². The first-order valence-corrected chi connectivity index (χ1v) is 10.7. The van der Waals surface area contributed by atoms with Crippen molar-refractivity contribution >= 4 is 48.8 Å². The minimum atomic E-state index is -0.0636. The highest BCUT2D eigenvalue weighted by Gasteiger charge is 2.22. The Morgan fingerprint density at radius 1 is 1.03 bits per heavy atom. The van der Waals surface area contributed by atoms with Gasteiger partial charge in [-0.15, -0.1) is 25.3 Å². The monoisotopic (exact) mass is 428 g/mol. The fourth-order valence-corrected chi connectivity index (χ4v) is 3.66. The molecule has 7 heteroatoms. The van der Waals surface area contributed by atoms with Gasteiger partial charge in [-0.2, -0.15) is 0 Å². The Morgan fingerprint density at radius 3 is 2.21 bits per heavy atom. The maximum atomic E-state index is 12.6. The second-order valence-corrected chi connectivity index (χ2v) is 8.74. The molecule has 1 fully saturated rings. The molecule has 1 heterocycles. The van der Waals surface area contributed by atoms with E-state index in [0.717, 1.165) is 48.7 Å². The third kappa shape index (κ3) is 6.26. The Kier molecular flexibility index (Phi) is 7.64. The maximum absolute atomic E-state index is 12.6. The van der Waals surface area contributed by atoms with Gasteiger partial charge < -0.3 is 9.80 Å². The van der Waals surface area contributed by atoms with E-state index < -0.39 is 0 Å². The molecule has 0 saturated carbocycles. The SMILES string of the molecule is CN(C)c1ccc(C=Nc2ccc(CC(=O)N3CCN(C(S)S)CC3)cc2)cc1. The minimum Gasteiger partial charge on any atom is -0.378 e. The molecule has 0 spiro atoms. The predicted molar refractivity (Wildman–Crippen MR) is 128 cm³/mol. The zero-order chi connectivity index (χ0) is 20.8. The minimum absolute atomic E-state index is 0.0636. The van der Waals surface area contributed by atoms with Crippen LogP contribution in [0.1, 0.15) is 11.1 Å². The van der Waals surface area contributed by atoms with Crippen molar-refractivity contribution in [1.82, 2.24) is 9.80 Å². The van der Waals surface area contributed by atoms with Gasteiger partial charge in [0, 0.05) is 52.2 Å². The van der Waals surface area contributed by atoms with Crippen molar-refractivity contribution in [2.45, 2.75) is 11.1 Å². The molecule has 2 aromatic carbocycles. The second-order valence-electron chi connectivity index (χ2n) is 7.35. The molecule has 0 radical (unpaired) electrons. The summed E-state index contributed by atoms with van der Waals surface area (Å²) >= 11 is 8.68. The molecule has 1 amide bonds. The van der Waals surface area contributed by atoms with Gasteiger partial charge in [0.25, 0.3) is 0 Å². The van der Waals surface area contributed by atoms with Crippen LogP contribution in [-0.4, -0.2) is 66.9 Å². The van der Waals surface area contributed by atoms with Crippen LogP contribution in [0.3, 0.4) is 0 Å². The van der Waals surface area contributed by atoms with Crippen LogP contribution in [0, 0.1) is 0 Å². The number of carbonyl (C=O) groups excluding carboxylic acids is 1. The average Bonchev–Trinajstić information content (AvgIpc) is 2.73. The standard InChI is InChI=1S/C22H28N4OS2/c1-24(2)20-9-5-18(6-10-20)16-23-19-7-3-17(4-8-19)15-21(27)25-11-13-26(14-12-25)22(28)29/h3-10,16,22,28-29H,11-15H2,1-2H3. The molecule has 0 atom stereocenters. The Morgan fingerprint density at radius 2 is 1.66 bits per heavy atom. The molecule has 154 valence electrons. The fraction of sp³-hybridized carbons (Fsp3) is 0.364. The summed E-state index contributed by atoms with van der Waals surface area (Å²) in [4.78, 5) is 23.2. The third-order valence-corrected chi connectivity index (χ3v) is 5.71. The summed E-state index contributed by atoms with van der Waals surface area (Å²) in [5, 5.41) is 0. The molecule has 0 unspecified atom stereocenters. The van der Waals surface area contributed by atoms with Crippen molar-refractivity contribution in [3.63, 3.8) is 0 Å². The molecule has 1 aliphatic rings. The molecule has 0 aromatic heterocycles. The number of benzene rings is 2. The topological polar surface area (TPSA) is 39.2 Å². The molecule has 0 bridgehead atoms. The lowest BCUT2D eigenvalue weighted by molar-refractivity contribution is -0.132. The van der Waals surface area contributed by atoms with Crippen molar-refractivity contribution in [2.24, 2.45) is 4.99 Å². The lowest BCUT2D eigenvalue weighted by Crippen LogP contribution is -2.50. The summed E-state index contributed by atoms with van der Waals surface area (Å²) in [6, 6.07) is 16.1. The van der Waals surface area contributed by atoms with Gasteiger partial charge >= 0.3 is 0 Å². The first kappa shape index (κ1) is 21.7. The number of anilines is 1. The zero-order valence-corrected chi connectivity index (χ0v) is 18.7. The van der Waals surface area contributed by atoms with E-state index >= 15 is 0 Å². The molecule has 2 aromatic rings. The van der Waals surface area contributed by atoms with Crippen LogP contribution < -0.4 is 4.90 Å². The predicted octanol–water partition coefficient (Wildman–Crippen LogP) is 3.33. The van der Waals surface area contributed by atoms with E-state index in [4.69, 9.17) is 0 Å². The van der Waals surface area contributed by atoms with E-state index in [0.29, 0.717) is 6.42 Å². The van der Waals surface area contributed by atoms with E-state index in [1.165, 1.54) is 0 Å². The lowest BCUT2D eigenvalue weighted by Gasteiger charge is -2.36. The average molecular weight is 429 g/mol. The van der Waals surface area contributed by atoms with E-state index in [-0.39, 0.29) is 10.6 Å². The Labute approximate surface area is 184 Å². The van der Waals surface area contributed by atoms with Crippen LogP contribution in [0.4, 0.5) is 11.4 Å². The highest BCUT2D eigenvalue weighted by Crippen LogP contribution is 2.17. The normalized spacial score (nSPS) is 15.3. The summed E-state index contributed by atoms with van der Waals surface area (Å²) < 4.78 is -0.0636. The van der Waals surface area contributed by atoms with Gasteiger partial charge in [0.15, 0.2) is 0 Å². The number of piperazine rings is 1. The highest BCUT2D eigenvalue weighted by atomic mass is 32.2. The van der Waals surface area contributed by atoms with Gasteiger partial charge in [0.1, 0.15) is 0 Å².